The van der Waals surface area contributed by atoms with Crippen molar-refractivity contribution in [3.63, 3.8) is 0 Å². The molecule has 2 amide bonds. The molecule has 2 aliphatic rings. The largest absolute Gasteiger partial charge is 0.378 e. The third-order valence-corrected chi connectivity index (χ3v) is 8.31. The average Bonchev–Trinajstić information content (AvgIpc) is 3.40. The van der Waals surface area contributed by atoms with Gasteiger partial charge in [0.15, 0.2) is 11.5 Å². The first-order valence-electron chi connectivity index (χ1n) is 13.9. The van der Waals surface area contributed by atoms with Crippen LogP contribution in [0.15, 0.2) is 59.5 Å². The first-order chi connectivity index (χ1) is 19.8. The Kier molecular flexibility index (Phi) is 7.52. The first-order valence-corrected chi connectivity index (χ1v) is 14.7. The monoisotopic (exact) mass is 616 g/mol. The van der Waals surface area contributed by atoms with Gasteiger partial charge in [-0.15, -0.1) is 0 Å². The van der Waals surface area contributed by atoms with Gasteiger partial charge in [0.05, 0.1) is 13.2 Å². The van der Waals surface area contributed by atoms with Gasteiger partial charge in [-0.25, -0.2) is 9.97 Å². The molecule has 0 N–H and O–H groups in total. The summed E-state index contributed by atoms with van der Waals surface area (Å²) >= 11 is 3.49. The van der Waals surface area contributed by atoms with Crippen molar-refractivity contribution in [3.05, 3.63) is 76.3 Å². The van der Waals surface area contributed by atoms with Gasteiger partial charge < -0.3 is 23.8 Å². The van der Waals surface area contributed by atoms with Gasteiger partial charge in [-0.3, -0.25) is 9.59 Å². The number of aromatic nitrogens is 3. The predicted molar refractivity (Wildman–Crippen MR) is 162 cm³/mol. The average molecular weight is 618 g/mol. The van der Waals surface area contributed by atoms with E-state index in [2.05, 4.69) is 80.2 Å². The number of aryl methyl sites for hydroxylation is 1. The summed E-state index contributed by atoms with van der Waals surface area (Å²) in [5.74, 6) is 0.673. The van der Waals surface area contributed by atoms with Crippen LogP contribution in [0, 0.1) is 0 Å². The predicted octanol–water partition coefficient (Wildman–Crippen LogP) is 4.96. The second-order valence-electron chi connectivity index (χ2n) is 10.8. The number of benzene rings is 2. The summed E-state index contributed by atoms with van der Waals surface area (Å²) in [6.07, 6.45) is 5.51. The van der Waals surface area contributed by atoms with Crippen molar-refractivity contribution < 1.29 is 14.3 Å². The van der Waals surface area contributed by atoms with Gasteiger partial charge in [-0.05, 0) is 70.1 Å². The number of hydrogen-bond donors (Lipinski definition) is 0. The minimum Gasteiger partial charge on any atom is -0.378 e. The lowest BCUT2D eigenvalue weighted by molar-refractivity contribution is -0.117. The van der Waals surface area contributed by atoms with Crippen LogP contribution >= 0.6 is 15.9 Å². The van der Waals surface area contributed by atoms with E-state index in [0.29, 0.717) is 35.7 Å². The quantitative estimate of drug-likeness (QED) is 0.315. The Balaban J connectivity index is 1.17. The highest BCUT2D eigenvalue weighted by molar-refractivity contribution is 9.10. The van der Waals surface area contributed by atoms with Crippen molar-refractivity contribution in [2.45, 2.75) is 39.3 Å². The van der Waals surface area contributed by atoms with Gasteiger partial charge >= 0.3 is 0 Å². The number of morpholine rings is 1. The van der Waals surface area contributed by atoms with E-state index in [1.807, 2.05) is 15.5 Å². The number of hydrogen-bond acceptors (Lipinski definition) is 6. The van der Waals surface area contributed by atoms with E-state index >= 15 is 0 Å². The fourth-order valence-corrected chi connectivity index (χ4v) is 6.19. The van der Waals surface area contributed by atoms with E-state index in [0.717, 1.165) is 54.1 Å². The number of nitrogens with zero attached hydrogens (tertiary/aromatic N) is 6. The van der Waals surface area contributed by atoms with Crippen LogP contribution in [0.5, 0.6) is 0 Å². The second kappa shape index (κ2) is 11.3. The SMILES string of the molecule is CC(=O)N1c2ccc(-c3ccc(CN(C)C(=O)c4cn5cc(Br)nc(N6CCOCC6)c5n4)cc3)cc2CC[C@@H]1C. The van der Waals surface area contributed by atoms with Gasteiger partial charge in [0.1, 0.15) is 10.3 Å². The Hall–Kier alpha value is -3.76. The molecule has 6 rings (SSSR count). The maximum Gasteiger partial charge on any atom is 0.274 e. The third kappa shape index (κ3) is 5.46. The standard InChI is InChI=1S/C31H33BrN6O3/c1-20-4-7-25-16-24(10-11-27(25)38(20)21(2)39)23-8-5-22(6-9-23)17-35(3)31(40)26-18-37-19-28(32)34-30(29(37)33-26)36-12-14-41-15-13-36/h5-6,8-11,16,18-20H,4,7,12-15,17H2,1-3H3/t20-/m0/s1. The van der Waals surface area contributed by atoms with Gasteiger partial charge in [0.2, 0.25) is 5.91 Å². The third-order valence-electron chi connectivity index (χ3n) is 7.92. The molecule has 2 aromatic heterocycles. The molecule has 0 radical (unpaired) electrons. The molecule has 2 aliphatic heterocycles. The van der Waals surface area contributed by atoms with Gasteiger partial charge in [-0.1, -0.05) is 30.3 Å². The Bertz CT molecular complexity index is 1610. The fraction of sp³-hybridized carbons (Fsp3) is 0.355. The summed E-state index contributed by atoms with van der Waals surface area (Å²) in [4.78, 5) is 40.6. The molecular formula is C31H33BrN6O3. The molecule has 212 valence electrons. The van der Waals surface area contributed by atoms with E-state index in [1.165, 1.54) is 5.56 Å². The molecule has 0 unspecified atom stereocenters. The number of imidazole rings is 1. The van der Waals surface area contributed by atoms with E-state index in [-0.39, 0.29) is 17.9 Å². The van der Waals surface area contributed by atoms with Crippen LogP contribution in [0.4, 0.5) is 11.5 Å². The van der Waals surface area contributed by atoms with Crippen molar-refractivity contribution in [2.75, 3.05) is 43.2 Å². The molecule has 4 aromatic rings. The molecule has 1 fully saturated rings. The molecule has 2 aromatic carbocycles. The lowest BCUT2D eigenvalue weighted by Gasteiger charge is -2.34. The fourth-order valence-electron chi connectivity index (χ4n) is 5.80. The van der Waals surface area contributed by atoms with E-state index in [1.54, 1.807) is 25.1 Å². The van der Waals surface area contributed by atoms with Gasteiger partial charge in [-0.2, -0.15) is 0 Å². The van der Waals surface area contributed by atoms with Crippen molar-refractivity contribution in [2.24, 2.45) is 0 Å². The topological polar surface area (TPSA) is 83.3 Å². The van der Waals surface area contributed by atoms with Crippen LogP contribution in [0.3, 0.4) is 0 Å². The van der Waals surface area contributed by atoms with E-state index < -0.39 is 0 Å². The molecule has 1 saturated heterocycles. The molecule has 0 saturated carbocycles. The number of anilines is 2. The lowest BCUT2D eigenvalue weighted by atomic mass is 9.93. The zero-order valence-corrected chi connectivity index (χ0v) is 25.1. The second-order valence-corrected chi connectivity index (χ2v) is 11.6. The summed E-state index contributed by atoms with van der Waals surface area (Å²) < 4.78 is 8.02. The lowest BCUT2D eigenvalue weighted by Crippen LogP contribution is -2.40. The summed E-state index contributed by atoms with van der Waals surface area (Å²) in [6, 6.07) is 14.9. The summed E-state index contributed by atoms with van der Waals surface area (Å²) in [5.41, 5.74) is 6.51. The highest BCUT2D eigenvalue weighted by Gasteiger charge is 2.26. The highest BCUT2D eigenvalue weighted by atomic mass is 79.9. The smallest absolute Gasteiger partial charge is 0.274 e. The number of carbonyl (C=O) groups is 2. The van der Waals surface area contributed by atoms with Gasteiger partial charge in [0.25, 0.3) is 5.91 Å². The molecule has 0 aliphatic carbocycles. The number of halogens is 1. The molecule has 1 atom stereocenters. The Morgan fingerprint density at radius 1 is 1.05 bits per heavy atom. The number of fused-ring (bicyclic) bond motifs is 2. The Morgan fingerprint density at radius 3 is 2.51 bits per heavy atom. The summed E-state index contributed by atoms with van der Waals surface area (Å²) in [5, 5.41) is 0. The maximum atomic E-state index is 13.4. The van der Waals surface area contributed by atoms with E-state index in [9.17, 15) is 9.59 Å². The summed E-state index contributed by atoms with van der Waals surface area (Å²) in [6.45, 7) is 6.93. The van der Waals surface area contributed by atoms with Crippen molar-refractivity contribution in [1.29, 1.82) is 0 Å². The maximum absolute atomic E-state index is 13.4. The number of carbonyl (C=O) groups excluding carboxylic acids is 2. The molecule has 9 nitrogen and oxygen atoms in total. The van der Waals surface area contributed by atoms with Crippen LogP contribution in [-0.4, -0.2) is 70.5 Å². The van der Waals surface area contributed by atoms with Crippen LogP contribution in [0.1, 0.15) is 41.9 Å². The Morgan fingerprint density at radius 2 is 1.78 bits per heavy atom. The van der Waals surface area contributed by atoms with Gasteiger partial charge in [0, 0.05) is 57.7 Å². The van der Waals surface area contributed by atoms with Crippen molar-refractivity contribution in [1.82, 2.24) is 19.3 Å². The van der Waals surface area contributed by atoms with Crippen LogP contribution in [0.25, 0.3) is 16.8 Å². The zero-order valence-electron chi connectivity index (χ0n) is 23.5. The minimum absolute atomic E-state index is 0.0833. The number of amides is 2. The summed E-state index contributed by atoms with van der Waals surface area (Å²) in [7, 11) is 1.79. The molecular weight excluding hydrogens is 584 g/mol. The highest BCUT2D eigenvalue weighted by Crippen LogP contribution is 2.34. The first kappa shape index (κ1) is 27.4. The Labute approximate surface area is 247 Å². The molecule has 10 heteroatoms. The molecule has 0 spiro atoms. The zero-order chi connectivity index (χ0) is 28.7. The van der Waals surface area contributed by atoms with Crippen LogP contribution in [0.2, 0.25) is 0 Å². The van der Waals surface area contributed by atoms with Crippen LogP contribution in [-0.2, 0) is 22.5 Å². The van der Waals surface area contributed by atoms with Crippen LogP contribution < -0.4 is 9.80 Å². The molecule has 0 bridgehead atoms. The molecule has 41 heavy (non-hydrogen) atoms. The minimum atomic E-state index is -0.152. The van der Waals surface area contributed by atoms with Crippen molar-refractivity contribution in [3.8, 4) is 11.1 Å². The number of rotatable bonds is 5. The molecule has 4 heterocycles. The van der Waals surface area contributed by atoms with Crippen molar-refractivity contribution >= 4 is 44.9 Å². The van der Waals surface area contributed by atoms with E-state index in [4.69, 9.17) is 4.74 Å². The number of ether oxygens (including phenoxy) is 1. The normalized spacial score (nSPS) is 17.0.